The van der Waals surface area contributed by atoms with Gasteiger partial charge in [0.15, 0.2) is 0 Å². The molecule has 17 heavy (non-hydrogen) atoms. The van der Waals surface area contributed by atoms with Gasteiger partial charge in [0.05, 0.1) is 0 Å². The van der Waals surface area contributed by atoms with Gasteiger partial charge >= 0.3 is 0 Å². The van der Waals surface area contributed by atoms with Crippen LogP contribution in [0.1, 0.15) is 37.1 Å². The van der Waals surface area contributed by atoms with Gasteiger partial charge in [0.1, 0.15) is 0 Å². The standard InChI is InChI=1S/C12H18N4.H2O/c1(3-5-11-7-9-13-15-11)2-4-6-12-8-10-14-16-12;/h7-10H,1-6H2,(H,13,15)(H,14,16);1H2. The fourth-order valence-electron chi connectivity index (χ4n) is 1.83. The number of unbranched alkanes of at least 4 members (excludes halogenated alkanes) is 3. The fraction of sp³-hybridized carbons (Fsp3) is 0.500. The lowest BCUT2D eigenvalue weighted by Gasteiger charge is -1.99. The van der Waals surface area contributed by atoms with Crippen LogP contribution in [0.4, 0.5) is 0 Å². The van der Waals surface area contributed by atoms with Crippen LogP contribution in [0.5, 0.6) is 0 Å². The third-order valence-electron chi connectivity index (χ3n) is 2.76. The Morgan fingerprint density at radius 1 is 0.765 bits per heavy atom. The SMILES string of the molecule is O.c1cc(CCCCCCc2ccn[nH]2)[nH]n1. The number of H-pyrrole nitrogens is 2. The summed E-state index contributed by atoms with van der Waals surface area (Å²) in [5, 5.41) is 13.8. The molecular formula is C12H20N4O. The van der Waals surface area contributed by atoms with Crippen LogP contribution in [0, 0.1) is 0 Å². The Balaban J connectivity index is 0.00000144. The molecule has 0 aromatic carbocycles. The van der Waals surface area contributed by atoms with Gasteiger partial charge in [0.2, 0.25) is 0 Å². The predicted octanol–water partition coefficient (Wildman–Crippen LogP) is 1.65. The van der Waals surface area contributed by atoms with Gasteiger partial charge in [-0.15, -0.1) is 0 Å². The number of aryl methyl sites for hydroxylation is 2. The van der Waals surface area contributed by atoms with Crippen LogP contribution in [0.15, 0.2) is 24.5 Å². The normalized spacial score (nSPS) is 10.1. The van der Waals surface area contributed by atoms with Gasteiger partial charge < -0.3 is 5.48 Å². The van der Waals surface area contributed by atoms with Crippen LogP contribution in [0.2, 0.25) is 0 Å². The van der Waals surface area contributed by atoms with E-state index in [1.165, 1.54) is 37.1 Å². The second-order valence-electron chi connectivity index (χ2n) is 4.08. The number of hydrogen-bond acceptors (Lipinski definition) is 2. The average molecular weight is 236 g/mol. The van der Waals surface area contributed by atoms with Gasteiger partial charge in [0.25, 0.3) is 0 Å². The van der Waals surface area contributed by atoms with Crippen LogP contribution in [-0.2, 0) is 12.8 Å². The highest BCUT2D eigenvalue weighted by Gasteiger charge is 1.96. The van der Waals surface area contributed by atoms with E-state index in [4.69, 9.17) is 0 Å². The van der Waals surface area contributed by atoms with Gasteiger partial charge in [-0.05, 0) is 37.8 Å². The van der Waals surface area contributed by atoms with Gasteiger partial charge in [-0.25, -0.2) is 0 Å². The van der Waals surface area contributed by atoms with Crippen molar-refractivity contribution in [3.05, 3.63) is 35.9 Å². The highest BCUT2D eigenvalue weighted by atomic mass is 16.0. The second-order valence-corrected chi connectivity index (χ2v) is 4.08. The molecule has 0 fully saturated rings. The van der Waals surface area contributed by atoms with Crippen molar-refractivity contribution in [3.8, 4) is 0 Å². The smallest absolute Gasteiger partial charge is 0.0490 e. The Hall–Kier alpha value is -1.62. The minimum atomic E-state index is 0. The zero-order chi connectivity index (χ0) is 11.1. The summed E-state index contributed by atoms with van der Waals surface area (Å²) in [5.74, 6) is 0. The summed E-state index contributed by atoms with van der Waals surface area (Å²) in [5.41, 5.74) is 2.49. The zero-order valence-electron chi connectivity index (χ0n) is 9.95. The molecule has 0 aliphatic heterocycles. The fourth-order valence-corrected chi connectivity index (χ4v) is 1.83. The van der Waals surface area contributed by atoms with Crippen molar-refractivity contribution >= 4 is 0 Å². The Morgan fingerprint density at radius 2 is 1.24 bits per heavy atom. The van der Waals surface area contributed by atoms with E-state index in [9.17, 15) is 0 Å². The van der Waals surface area contributed by atoms with Gasteiger partial charge in [-0.1, -0.05) is 12.8 Å². The van der Waals surface area contributed by atoms with E-state index in [1.807, 2.05) is 24.5 Å². The molecule has 0 bridgehead atoms. The molecule has 0 saturated heterocycles. The molecular weight excluding hydrogens is 216 g/mol. The molecule has 0 radical (unpaired) electrons. The van der Waals surface area contributed by atoms with Crippen molar-refractivity contribution in [3.63, 3.8) is 0 Å². The third kappa shape index (κ3) is 4.82. The Bertz CT molecular complexity index is 331. The van der Waals surface area contributed by atoms with Crippen LogP contribution >= 0.6 is 0 Å². The zero-order valence-corrected chi connectivity index (χ0v) is 9.95. The Kier molecular flexibility index (Phi) is 6.03. The van der Waals surface area contributed by atoms with Crippen molar-refractivity contribution in [1.82, 2.24) is 20.4 Å². The molecule has 2 heterocycles. The van der Waals surface area contributed by atoms with Gasteiger partial charge in [0, 0.05) is 23.8 Å². The summed E-state index contributed by atoms with van der Waals surface area (Å²) in [4.78, 5) is 0. The second kappa shape index (κ2) is 7.62. The summed E-state index contributed by atoms with van der Waals surface area (Å²) in [6.45, 7) is 0. The molecule has 5 nitrogen and oxygen atoms in total. The molecule has 0 spiro atoms. The maximum absolute atomic E-state index is 3.93. The number of nitrogens with one attached hydrogen (secondary N) is 2. The molecule has 94 valence electrons. The minimum absolute atomic E-state index is 0. The lowest BCUT2D eigenvalue weighted by atomic mass is 10.1. The van der Waals surface area contributed by atoms with Gasteiger partial charge in [-0.3, -0.25) is 10.2 Å². The molecule has 2 aromatic rings. The van der Waals surface area contributed by atoms with E-state index >= 15 is 0 Å². The Labute approximate surface area is 101 Å². The largest absolute Gasteiger partial charge is 0.412 e. The first-order valence-corrected chi connectivity index (χ1v) is 5.91. The van der Waals surface area contributed by atoms with E-state index in [1.54, 1.807) is 0 Å². The number of nitrogens with zero attached hydrogens (tertiary/aromatic N) is 2. The van der Waals surface area contributed by atoms with E-state index in [-0.39, 0.29) is 5.48 Å². The molecule has 5 heteroatoms. The minimum Gasteiger partial charge on any atom is -0.412 e. The van der Waals surface area contributed by atoms with Crippen molar-refractivity contribution in [1.29, 1.82) is 0 Å². The van der Waals surface area contributed by atoms with Crippen molar-refractivity contribution in [2.75, 3.05) is 0 Å². The van der Waals surface area contributed by atoms with Crippen molar-refractivity contribution < 1.29 is 5.48 Å². The molecule has 0 atom stereocenters. The maximum atomic E-state index is 3.93. The van der Waals surface area contributed by atoms with Crippen LogP contribution < -0.4 is 0 Å². The number of hydrogen-bond donors (Lipinski definition) is 2. The first-order valence-electron chi connectivity index (χ1n) is 5.91. The summed E-state index contributed by atoms with van der Waals surface area (Å²) in [7, 11) is 0. The van der Waals surface area contributed by atoms with Crippen molar-refractivity contribution in [2.24, 2.45) is 0 Å². The monoisotopic (exact) mass is 236 g/mol. The highest BCUT2D eigenvalue weighted by molar-refractivity contribution is 4.97. The highest BCUT2D eigenvalue weighted by Crippen LogP contribution is 2.07. The first kappa shape index (κ1) is 13.4. The van der Waals surface area contributed by atoms with Crippen LogP contribution in [-0.4, -0.2) is 25.9 Å². The molecule has 2 rings (SSSR count). The Morgan fingerprint density at radius 3 is 1.59 bits per heavy atom. The first-order chi connectivity index (χ1) is 7.95. The van der Waals surface area contributed by atoms with E-state index < -0.39 is 0 Å². The number of aromatic nitrogens is 4. The topological polar surface area (TPSA) is 88.9 Å². The lowest BCUT2D eigenvalue weighted by Crippen LogP contribution is -1.89. The molecule has 2 aromatic heterocycles. The molecule has 0 amide bonds. The van der Waals surface area contributed by atoms with Crippen molar-refractivity contribution in [2.45, 2.75) is 38.5 Å². The molecule has 0 aliphatic carbocycles. The summed E-state index contributed by atoms with van der Waals surface area (Å²) in [6.07, 6.45) is 10.9. The summed E-state index contributed by atoms with van der Waals surface area (Å²) < 4.78 is 0. The van der Waals surface area contributed by atoms with E-state index in [0.29, 0.717) is 0 Å². The quantitative estimate of drug-likeness (QED) is 0.716. The summed E-state index contributed by atoms with van der Waals surface area (Å²) in [6, 6.07) is 4.09. The average Bonchev–Trinajstić information content (AvgIpc) is 2.96. The van der Waals surface area contributed by atoms with E-state index in [2.05, 4.69) is 20.4 Å². The predicted molar refractivity (Wildman–Crippen MR) is 66.7 cm³/mol. The molecule has 4 N–H and O–H groups in total. The summed E-state index contributed by atoms with van der Waals surface area (Å²) >= 11 is 0. The maximum Gasteiger partial charge on any atom is 0.0490 e. The molecule has 0 saturated carbocycles. The van der Waals surface area contributed by atoms with Gasteiger partial charge in [-0.2, -0.15) is 10.2 Å². The third-order valence-corrected chi connectivity index (χ3v) is 2.76. The molecule has 0 unspecified atom stereocenters. The van der Waals surface area contributed by atoms with Crippen LogP contribution in [0.25, 0.3) is 0 Å². The van der Waals surface area contributed by atoms with Crippen LogP contribution in [0.3, 0.4) is 0 Å². The number of aromatic amines is 2. The lowest BCUT2D eigenvalue weighted by molar-refractivity contribution is 0.630. The molecule has 0 aliphatic rings. The number of rotatable bonds is 7. The van der Waals surface area contributed by atoms with E-state index in [0.717, 1.165) is 12.8 Å².